The van der Waals surface area contributed by atoms with E-state index in [9.17, 15) is 0 Å². The lowest BCUT2D eigenvalue weighted by atomic mass is 9.82. The lowest BCUT2D eigenvalue weighted by Crippen LogP contribution is -2.24. The molecule has 0 saturated heterocycles. The van der Waals surface area contributed by atoms with E-state index in [4.69, 9.17) is 14.2 Å². The molecule has 3 aromatic carbocycles. The van der Waals surface area contributed by atoms with Gasteiger partial charge in [0.15, 0.2) is 5.16 Å². The molecule has 0 N–H and O–H groups in total. The van der Waals surface area contributed by atoms with Gasteiger partial charge < -0.3 is 14.2 Å². The maximum absolute atomic E-state index is 5.70. The van der Waals surface area contributed by atoms with Gasteiger partial charge in [0.05, 0.1) is 21.3 Å². The molecule has 0 aliphatic heterocycles. The van der Waals surface area contributed by atoms with Gasteiger partial charge in [0.2, 0.25) is 0 Å². The zero-order valence-electron chi connectivity index (χ0n) is 15.4. The Bertz CT molecular complexity index is 776. The smallest absolute Gasteiger partial charge is 0.158 e. The van der Waals surface area contributed by atoms with Crippen molar-refractivity contribution in [1.29, 1.82) is 0 Å². The van der Waals surface area contributed by atoms with Crippen molar-refractivity contribution in [3.8, 4) is 17.2 Å². The third-order valence-corrected chi connectivity index (χ3v) is 5.84. The molecule has 0 saturated carbocycles. The van der Waals surface area contributed by atoms with Crippen molar-refractivity contribution >= 4 is 9.24 Å². The Morgan fingerprint density at radius 3 is 1.08 bits per heavy atom. The summed E-state index contributed by atoms with van der Waals surface area (Å²) in [5, 5.41) is -0.494. The van der Waals surface area contributed by atoms with Crippen LogP contribution in [0.4, 0.5) is 0 Å². The summed E-state index contributed by atoms with van der Waals surface area (Å²) in [5.74, 6) is 2.50. The van der Waals surface area contributed by atoms with Crippen LogP contribution < -0.4 is 14.2 Å². The summed E-state index contributed by atoms with van der Waals surface area (Å²) in [5.41, 5.74) is 3.19. The maximum Gasteiger partial charge on any atom is 0.158 e. The molecule has 0 fully saturated rings. The van der Waals surface area contributed by atoms with Gasteiger partial charge in [-0.25, -0.2) is 0 Å². The molecule has 26 heavy (non-hydrogen) atoms. The second kappa shape index (κ2) is 7.80. The van der Waals surface area contributed by atoms with Crippen molar-refractivity contribution in [2.75, 3.05) is 21.3 Å². The van der Waals surface area contributed by atoms with Gasteiger partial charge in [-0.05, 0) is 27.4 Å². The predicted molar refractivity (Wildman–Crippen MR) is 110 cm³/mol. The first-order valence-electron chi connectivity index (χ1n) is 8.42. The maximum atomic E-state index is 5.70. The Kier molecular flexibility index (Phi) is 5.49. The SMILES string of the molecule is COc1ccccc1C([PH3+])(c1ccccc1OC)c1ccccc1OC. The summed E-state index contributed by atoms with van der Waals surface area (Å²) in [4.78, 5) is 0. The monoisotopic (exact) mass is 367 g/mol. The van der Waals surface area contributed by atoms with E-state index in [1.165, 1.54) is 0 Å². The van der Waals surface area contributed by atoms with Crippen LogP contribution in [0.2, 0.25) is 0 Å². The number of methoxy groups -OCH3 is 3. The number of hydrogen-bond donors (Lipinski definition) is 0. The summed E-state index contributed by atoms with van der Waals surface area (Å²) in [6, 6.07) is 24.3. The molecule has 0 aliphatic rings. The fraction of sp³-hybridized carbons (Fsp3) is 0.182. The number of ether oxygens (including phenoxy) is 3. The first-order valence-corrected chi connectivity index (χ1v) is 9.13. The van der Waals surface area contributed by atoms with Crippen molar-refractivity contribution in [2.45, 2.75) is 5.16 Å². The van der Waals surface area contributed by atoms with Crippen LogP contribution in [0.5, 0.6) is 17.2 Å². The van der Waals surface area contributed by atoms with Gasteiger partial charge in [0.1, 0.15) is 17.2 Å². The van der Waals surface area contributed by atoms with E-state index >= 15 is 0 Å². The average molecular weight is 367 g/mol. The topological polar surface area (TPSA) is 27.7 Å². The third kappa shape index (κ3) is 3.04. The van der Waals surface area contributed by atoms with E-state index in [1.54, 1.807) is 21.3 Å². The summed E-state index contributed by atoms with van der Waals surface area (Å²) in [7, 11) is 7.01. The normalized spacial score (nSPS) is 11.2. The third-order valence-electron chi connectivity index (χ3n) is 4.70. The molecule has 0 heterocycles. The molecule has 3 rings (SSSR count). The van der Waals surface area contributed by atoms with Gasteiger partial charge in [-0.1, -0.05) is 54.6 Å². The molecule has 0 aromatic heterocycles. The Morgan fingerprint density at radius 2 is 0.808 bits per heavy atom. The Labute approximate surface area is 157 Å². The lowest BCUT2D eigenvalue weighted by Gasteiger charge is -2.30. The number of hydrogen-bond acceptors (Lipinski definition) is 3. The molecule has 1 atom stereocenters. The fourth-order valence-corrected chi connectivity index (χ4v) is 4.30. The highest BCUT2D eigenvalue weighted by Gasteiger charge is 2.43. The molecule has 0 spiro atoms. The minimum atomic E-state index is -0.494. The minimum Gasteiger partial charge on any atom is -0.496 e. The molecule has 0 bridgehead atoms. The van der Waals surface area contributed by atoms with Gasteiger partial charge in [0.25, 0.3) is 0 Å². The van der Waals surface area contributed by atoms with Gasteiger partial charge in [0, 0.05) is 16.7 Å². The Morgan fingerprint density at radius 1 is 0.538 bits per heavy atom. The molecule has 4 heteroatoms. The van der Waals surface area contributed by atoms with Crippen LogP contribution in [-0.2, 0) is 5.16 Å². The second-order valence-electron chi connectivity index (χ2n) is 6.01. The minimum absolute atomic E-state index is 0.494. The summed E-state index contributed by atoms with van der Waals surface area (Å²) >= 11 is 0. The van der Waals surface area contributed by atoms with Crippen molar-refractivity contribution in [3.63, 3.8) is 0 Å². The van der Waals surface area contributed by atoms with E-state index in [1.807, 2.05) is 63.8 Å². The van der Waals surface area contributed by atoms with Gasteiger partial charge >= 0.3 is 0 Å². The predicted octanol–water partition coefficient (Wildman–Crippen LogP) is 4.61. The molecule has 3 nitrogen and oxygen atoms in total. The quantitative estimate of drug-likeness (QED) is 0.470. The standard InChI is InChI=1S/C22H23O3P/c1-23-19-13-7-4-10-16(19)22(26,17-11-5-8-14-20(17)24-2)18-12-6-9-15-21(18)25-3/h4-15H,26H2,1-3H3/p+1. The average Bonchev–Trinajstić information content (AvgIpc) is 2.73. The molecule has 0 amide bonds. The second-order valence-corrected chi connectivity index (χ2v) is 7.07. The Balaban J connectivity index is 2.40. The number of benzene rings is 3. The number of para-hydroxylation sites is 3. The summed E-state index contributed by atoms with van der Waals surface area (Å²) in [6.45, 7) is 0. The molecule has 3 aromatic rings. The Hall–Kier alpha value is -2.51. The molecule has 0 aliphatic carbocycles. The van der Waals surface area contributed by atoms with Gasteiger partial charge in [-0.15, -0.1) is 0 Å². The molecular formula is C22H24O3P+. The van der Waals surface area contributed by atoms with E-state index in [0.29, 0.717) is 0 Å². The van der Waals surface area contributed by atoms with Crippen LogP contribution >= 0.6 is 9.24 Å². The van der Waals surface area contributed by atoms with Crippen LogP contribution in [-0.4, -0.2) is 21.3 Å². The summed E-state index contributed by atoms with van der Waals surface area (Å²) in [6.07, 6.45) is 0. The molecule has 0 radical (unpaired) electrons. The van der Waals surface area contributed by atoms with Crippen LogP contribution in [0.15, 0.2) is 72.8 Å². The highest BCUT2D eigenvalue weighted by Crippen LogP contribution is 2.53. The van der Waals surface area contributed by atoms with Crippen LogP contribution in [0.3, 0.4) is 0 Å². The molecule has 134 valence electrons. The summed E-state index contributed by atoms with van der Waals surface area (Å²) < 4.78 is 17.1. The van der Waals surface area contributed by atoms with E-state index < -0.39 is 5.16 Å². The highest BCUT2D eigenvalue weighted by molar-refractivity contribution is 7.19. The largest absolute Gasteiger partial charge is 0.496 e. The van der Waals surface area contributed by atoms with Crippen molar-refractivity contribution < 1.29 is 14.2 Å². The van der Waals surface area contributed by atoms with Crippen LogP contribution in [0, 0.1) is 0 Å². The fourth-order valence-electron chi connectivity index (χ4n) is 3.43. The zero-order valence-corrected chi connectivity index (χ0v) is 16.8. The highest BCUT2D eigenvalue weighted by atomic mass is 31.0. The van der Waals surface area contributed by atoms with Crippen molar-refractivity contribution in [3.05, 3.63) is 89.5 Å². The zero-order chi connectivity index (χ0) is 18.6. The molecule has 1 unspecified atom stereocenters. The van der Waals surface area contributed by atoms with E-state index in [0.717, 1.165) is 33.9 Å². The number of rotatable bonds is 6. The van der Waals surface area contributed by atoms with E-state index in [-0.39, 0.29) is 0 Å². The van der Waals surface area contributed by atoms with Crippen LogP contribution in [0.1, 0.15) is 16.7 Å². The lowest BCUT2D eigenvalue weighted by molar-refractivity contribution is 0.393. The van der Waals surface area contributed by atoms with Crippen molar-refractivity contribution in [2.24, 2.45) is 0 Å². The van der Waals surface area contributed by atoms with Crippen molar-refractivity contribution in [1.82, 2.24) is 0 Å². The van der Waals surface area contributed by atoms with E-state index in [2.05, 4.69) is 18.2 Å². The molecular weight excluding hydrogens is 343 g/mol. The van der Waals surface area contributed by atoms with Gasteiger partial charge in [-0.3, -0.25) is 0 Å². The first kappa shape index (κ1) is 18.3. The van der Waals surface area contributed by atoms with Crippen LogP contribution in [0.25, 0.3) is 0 Å². The van der Waals surface area contributed by atoms with Gasteiger partial charge in [-0.2, -0.15) is 0 Å². The first-order chi connectivity index (χ1) is 12.7.